The van der Waals surface area contributed by atoms with Crippen LogP contribution in [0.15, 0.2) is 48.5 Å². The molecule has 0 saturated carbocycles. The number of fused-ring (bicyclic) bond motifs is 1. The van der Waals surface area contributed by atoms with Gasteiger partial charge in [-0.1, -0.05) is 30.3 Å². The average molecular weight is 427 g/mol. The maximum absolute atomic E-state index is 13.5. The topological polar surface area (TPSA) is 106 Å². The Bertz CT molecular complexity index is 965. The molecule has 1 aliphatic heterocycles. The molecule has 0 spiro atoms. The van der Waals surface area contributed by atoms with Crippen LogP contribution in [0.4, 0.5) is 15.3 Å². The third-order valence-corrected chi connectivity index (χ3v) is 4.72. The van der Waals surface area contributed by atoms with Gasteiger partial charge in [-0.05, 0) is 44.5 Å². The quantitative estimate of drug-likeness (QED) is 0.685. The fourth-order valence-electron chi connectivity index (χ4n) is 3.55. The molecule has 0 aromatic heterocycles. The van der Waals surface area contributed by atoms with Crippen LogP contribution < -0.4 is 15.5 Å². The van der Waals surface area contributed by atoms with Crippen molar-refractivity contribution in [1.82, 2.24) is 10.4 Å². The third-order valence-electron chi connectivity index (χ3n) is 4.72. The maximum Gasteiger partial charge on any atom is 0.430 e. The van der Waals surface area contributed by atoms with Crippen molar-refractivity contribution >= 4 is 23.8 Å². The summed E-state index contributed by atoms with van der Waals surface area (Å²) >= 11 is 0. The Morgan fingerprint density at radius 3 is 2.35 bits per heavy atom. The molecule has 3 amide bonds. The minimum absolute atomic E-state index is 0.0399. The van der Waals surface area contributed by atoms with Crippen LogP contribution in [0, 0.1) is 0 Å². The van der Waals surface area contributed by atoms with Crippen molar-refractivity contribution in [1.29, 1.82) is 0 Å². The number of hydrogen-bond acceptors (Lipinski definition) is 6. The first kappa shape index (κ1) is 21.9. The van der Waals surface area contributed by atoms with E-state index in [0.717, 1.165) is 5.01 Å². The van der Waals surface area contributed by atoms with Gasteiger partial charge < -0.3 is 19.5 Å². The summed E-state index contributed by atoms with van der Waals surface area (Å²) in [7, 11) is 0. The number of hydrazine groups is 1. The van der Waals surface area contributed by atoms with Gasteiger partial charge in [0.05, 0.1) is 19.8 Å². The van der Waals surface area contributed by atoms with Crippen molar-refractivity contribution in [3.05, 3.63) is 59.7 Å². The summed E-state index contributed by atoms with van der Waals surface area (Å²) in [4.78, 5) is 38.9. The molecule has 9 heteroatoms. The van der Waals surface area contributed by atoms with Crippen molar-refractivity contribution in [3.63, 3.8) is 0 Å². The minimum atomic E-state index is -1.75. The molecular weight excluding hydrogens is 402 g/mol. The Kier molecular flexibility index (Phi) is 6.64. The molecule has 2 N–H and O–H groups in total. The maximum atomic E-state index is 13.5. The van der Waals surface area contributed by atoms with Gasteiger partial charge in [0.15, 0.2) is 5.54 Å². The van der Waals surface area contributed by atoms with Crippen LogP contribution in [-0.4, -0.2) is 42.9 Å². The summed E-state index contributed by atoms with van der Waals surface area (Å²) in [6.45, 7) is 5.64. The van der Waals surface area contributed by atoms with E-state index in [1.54, 1.807) is 62.4 Å². The molecule has 164 valence electrons. The van der Waals surface area contributed by atoms with Crippen molar-refractivity contribution in [2.45, 2.75) is 26.3 Å². The average Bonchev–Trinajstić information content (AvgIpc) is 3.05. The van der Waals surface area contributed by atoms with E-state index >= 15 is 0 Å². The predicted molar refractivity (Wildman–Crippen MR) is 112 cm³/mol. The van der Waals surface area contributed by atoms with Crippen LogP contribution in [0.3, 0.4) is 0 Å². The van der Waals surface area contributed by atoms with E-state index in [4.69, 9.17) is 14.2 Å². The van der Waals surface area contributed by atoms with E-state index in [-0.39, 0.29) is 13.2 Å². The second-order valence-corrected chi connectivity index (χ2v) is 6.54. The van der Waals surface area contributed by atoms with Crippen LogP contribution in [-0.2, 0) is 19.8 Å². The number of anilines is 1. The second kappa shape index (κ2) is 9.38. The van der Waals surface area contributed by atoms with E-state index in [2.05, 4.69) is 10.7 Å². The van der Waals surface area contributed by atoms with Gasteiger partial charge in [0.2, 0.25) is 0 Å². The van der Waals surface area contributed by atoms with Gasteiger partial charge >= 0.3 is 12.2 Å². The van der Waals surface area contributed by atoms with Gasteiger partial charge in [-0.2, -0.15) is 5.01 Å². The Morgan fingerprint density at radius 2 is 1.71 bits per heavy atom. The summed E-state index contributed by atoms with van der Waals surface area (Å²) in [5.74, 6) is -0.0230. The van der Waals surface area contributed by atoms with Gasteiger partial charge in [-0.3, -0.25) is 4.79 Å². The monoisotopic (exact) mass is 427 g/mol. The summed E-state index contributed by atoms with van der Waals surface area (Å²) in [5, 5.41) is 3.68. The Hall–Kier alpha value is -3.75. The van der Waals surface area contributed by atoms with Gasteiger partial charge in [-0.25, -0.2) is 15.0 Å². The van der Waals surface area contributed by atoms with Crippen molar-refractivity contribution in [2.24, 2.45) is 0 Å². The molecule has 0 bridgehead atoms. The highest BCUT2D eigenvalue weighted by atomic mass is 16.6. The molecule has 0 radical (unpaired) electrons. The number of benzene rings is 2. The standard InChI is InChI=1S/C22H25N3O6/c1-4-29-16-12-13-18-17(14-16)22(19(26)23-18,15-10-8-7-9-11-15)25(21(28)31-6-3)24-20(27)30-5-2/h7-14H,4-6H2,1-3H3,(H,23,26)(H,24,27). The lowest BCUT2D eigenvalue weighted by molar-refractivity contribution is -0.126. The molecule has 0 fully saturated rings. The SMILES string of the molecule is CCOC(=O)NN(C(=O)OCC)C1(c2ccccc2)C(=O)Nc2ccc(OCC)cc21. The molecule has 2 aromatic carbocycles. The van der Waals surface area contributed by atoms with Crippen LogP contribution in [0.1, 0.15) is 31.9 Å². The van der Waals surface area contributed by atoms with E-state index in [1.165, 1.54) is 0 Å². The molecular formula is C22H25N3O6. The van der Waals surface area contributed by atoms with Crippen molar-refractivity contribution < 1.29 is 28.6 Å². The first-order valence-corrected chi connectivity index (χ1v) is 10.0. The zero-order valence-electron chi connectivity index (χ0n) is 17.6. The van der Waals surface area contributed by atoms with Crippen LogP contribution in [0.25, 0.3) is 0 Å². The fraction of sp³-hybridized carbons (Fsp3) is 0.318. The summed E-state index contributed by atoms with van der Waals surface area (Å²) < 4.78 is 15.8. The smallest absolute Gasteiger partial charge is 0.430 e. The third kappa shape index (κ3) is 3.98. The number of carbonyl (C=O) groups excluding carboxylic acids is 3. The van der Waals surface area contributed by atoms with Crippen LogP contribution in [0.2, 0.25) is 0 Å². The van der Waals surface area contributed by atoms with E-state index in [0.29, 0.717) is 29.2 Å². The largest absolute Gasteiger partial charge is 0.494 e. The van der Waals surface area contributed by atoms with E-state index in [1.807, 2.05) is 6.92 Å². The van der Waals surface area contributed by atoms with E-state index < -0.39 is 23.6 Å². The highest BCUT2D eigenvalue weighted by Gasteiger charge is 2.56. The predicted octanol–water partition coefficient (Wildman–Crippen LogP) is 3.40. The van der Waals surface area contributed by atoms with Gasteiger partial charge in [0.25, 0.3) is 5.91 Å². The molecule has 1 unspecified atom stereocenters. The Morgan fingerprint density at radius 1 is 1.00 bits per heavy atom. The molecule has 1 atom stereocenters. The Balaban J connectivity index is 2.27. The molecule has 31 heavy (non-hydrogen) atoms. The normalized spacial score (nSPS) is 16.7. The minimum Gasteiger partial charge on any atom is -0.494 e. The highest BCUT2D eigenvalue weighted by Crippen LogP contribution is 2.46. The summed E-state index contributed by atoms with van der Waals surface area (Å²) in [6, 6.07) is 13.7. The molecule has 1 aliphatic rings. The first-order chi connectivity index (χ1) is 15.0. The number of hydrogen-bond donors (Lipinski definition) is 2. The number of amides is 3. The van der Waals surface area contributed by atoms with Crippen molar-refractivity contribution in [2.75, 3.05) is 25.1 Å². The first-order valence-electron chi connectivity index (χ1n) is 10.0. The van der Waals surface area contributed by atoms with Gasteiger partial charge in [0.1, 0.15) is 5.75 Å². The zero-order chi connectivity index (χ0) is 22.4. The number of ether oxygens (including phenoxy) is 3. The van der Waals surface area contributed by atoms with Crippen LogP contribution in [0.5, 0.6) is 5.75 Å². The number of rotatable bonds is 6. The highest BCUT2D eigenvalue weighted by molar-refractivity contribution is 6.10. The van der Waals surface area contributed by atoms with Crippen molar-refractivity contribution in [3.8, 4) is 5.75 Å². The lowest BCUT2D eigenvalue weighted by Crippen LogP contribution is -2.61. The lowest BCUT2D eigenvalue weighted by atomic mass is 9.83. The molecule has 1 heterocycles. The number of carbonyl (C=O) groups is 3. The Labute approximate surface area is 180 Å². The second-order valence-electron chi connectivity index (χ2n) is 6.54. The number of nitrogens with one attached hydrogen (secondary N) is 2. The summed E-state index contributed by atoms with van der Waals surface area (Å²) in [5.41, 5.74) is 2.02. The number of nitrogens with zero attached hydrogens (tertiary/aromatic N) is 1. The van der Waals surface area contributed by atoms with Gasteiger partial charge in [0, 0.05) is 11.3 Å². The molecule has 9 nitrogen and oxygen atoms in total. The van der Waals surface area contributed by atoms with Gasteiger partial charge in [-0.15, -0.1) is 0 Å². The fourth-order valence-corrected chi connectivity index (χ4v) is 3.55. The molecule has 0 aliphatic carbocycles. The summed E-state index contributed by atoms with van der Waals surface area (Å²) in [6.07, 6.45) is -1.81. The molecule has 0 saturated heterocycles. The lowest BCUT2D eigenvalue weighted by Gasteiger charge is -2.38. The molecule has 3 rings (SSSR count). The van der Waals surface area contributed by atoms with Crippen LogP contribution >= 0.6 is 0 Å². The molecule has 2 aromatic rings. The zero-order valence-corrected chi connectivity index (χ0v) is 17.6. The van der Waals surface area contributed by atoms with E-state index in [9.17, 15) is 14.4 Å².